The Morgan fingerprint density at radius 2 is 1.04 bits per heavy atom. The molecule has 2 nitrogen and oxygen atoms in total. The first-order chi connectivity index (χ1) is 11.0. The molecule has 2 aromatic rings. The highest BCUT2D eigenvalue weighted by Crippen LogP contribution is 2.09. The van der Waals surface area contributed by atoms with E-state index in [0.29, 0.717) is 0 Å². The van der Waals surface area contributed by atoms with Crippen LogP contribution >= 0.6 is 45.2 Å². The molecule has 0 amide bonds. The van der Waals surface area contributed by atoms with Crippen molar-refractivity contribution in [2.45, 2.75) is 6.42 Å². The molecule has 116 valence electrons. The van der Waals surface area contributed by atoms with Gasteiger partial charge in [0.1, 0.15) is 0 Å². The van der Waals surface area contributed by atoms with Crippen LogP contribution in [0.1, 0.15) is 17.5 Å². The zero-order chi connectivity index (χ0) is 16.7. The van der Waals surface area contributed by atoms with Gasteiger partial charge in [-0.3, -0.25) is 9.59 Å². The van der Waals surface area contributed by atoms with E-state index in [4.69, 9.17) is 0 Å². The van der Waals surface area contributed by atoms with Gasteiger partial charge in [-0.15, -0.1) is 0 Å². The van der Waals surface area contributed by atoms with Gasteiger partial charge in [-0.2, -0.15) is 0 Å². The average molecular weight is 528 g/mol. The van der Waals surface area contributed by atoms with Crippen molar-refractivity contribution in [2.24, 2.45) is 0 Å². The summed E-state index contributed by atoms with van der Waals surface area (Å²) in [5.74, 6) is -0.387. The molecule has 0 N–H and O–H groups in total. The predicted molar refractivity (Wildman–Crippen MR) is 111 cm³/mol. The van der Waals surface area contributed by atoms with Crippen LogP contribution in [-0.2, 0) is 9.59 Å². The molecule has 0 atom stereocenters. The van der Waals surface area contributed by atoms with Crippen LogP contribution in [0.2, 0.25) is 0 Å². The normalized spacial score (nSPS) is 11.2. The number of allylic oxidation sites excluding steroid dienone is 2. The number of hydrogen-bond donors (Lipinski definition) is 0. The number of rotatable bonds is 6. The molecule has 0 bridgehead atoms. The third-order valence-corrected chi connectivity index (χ3v) is 4.45. The number of carbonyl (C=O) groups excluding carboxylic acids is 2. The van der Waals surface area contributed by atoms with E-state index in [1.807, 2.05) is 48.5 Å². The van der Waals surface area contributed by atoms with Gasteiger partial charge in [-0.1, -0.05) is 36.4 Å². The number of carbonyl (C=O) groups is 2. The van der Waals surface area contributed by atoms with E-state index in [9.17, 15) is 9.59 Å². The van der Waals surface area contributed by atoms with Gasteiger partial charge in [0.05, 0.1) is 6.42 Å². The van der Waals surface area contributed by atoms with Gasteiger partial charge >= 0.3 is 0 Å². The third kappa shape index (κ3) is 6.78. The van der Waals surface area contributed by atoms with Crippen molar-refractivity contribution >= 4 is 68.9 Å². The number of ketones is 2. The van der Waals surface area contributed by atoms with Gasteiger partial charge in [0, 0.05) is 7.14 Å². The molecule has 0 aromatic heterocycles. The fraction of sp³-hybridized carbons (Fsp3) is 0.0526. The van der Waals surface area contributed by atoms with Gasteiger partial charge in [0.25, 0.3) is 0 Å². The van der Waals surface area contributed by atoms with E-state index in [1.165, 1.54) is 12.2 Å². The molecule has 23 heavy (non-hydrogen) atoms. The Bertz CT molecular complexity index is 676. The lowest BCUT2D eigenvalue weighted by atomic mass is 10.1. The molecule has 0 saturated heterocycles. The Kier molecular flexibility index (Phi) is 7.16. The Hall–Kier alpha value is -1.28. The topological polar surface area (TPSA) is 34.1 Å². The lowest BCUT2D eigenvalue weighted by Gasteiger charge is -1.95. The van der Waals surface area contributed by atoms with E-state index in [2.05, 4.69) is 45.2 Å². The molecule has 2 aromatic carbocycles. The van der Waals surface area contributed by atoms with Crippen molar-refractivity contribution in [1.29, 1.82) is 0 Å². The minimum Gasteiger partial charge on any atom is -0.294 e. The van der Waals surface area contributed by atoms with Crippen molar-refractivity contribution in [3.8, 4) is 0 Å². The SMILES string of the molecule is O=C(/C=C/c1ccc(I)cc1)CC(=O)/C=C/c1ccc(I)cc1. The minimum absolute atomic E-state index is 0.109. The lowest BCUT2D eigenvalue weighted by Crippen LogP contribution is -2.01. The van der Waals surface area contributed by atoms with Gasteiger partial charge < -0.3 is 0 Å². The molecule has 4 heteroatoms. The molecule has 0 saturated carbocycles. The van der Waals surface area contributed by atoms with Gasteiger partial charge in [0.2, 0.25) is 0 Å². The minimum atomic E-state index is -0.194. The first-order valence-corrected chi connectivity index (χ1v) is 9.11. The summed E-state index contributed by atoms with van der Waals surface area (Å²) in [6, 6.07) is 15.6. The highest BCUT2D eigenvalue weighted by atomic mass is 127. The van der Waals surface area contributed by atoms with Crippen molar-refractivity contribution in [3.63, 3.8) is 0 Å². The third-order valence-electron chi connectivity index (χ3n) is 3.01. The van der Waals surface area contributed by atoms with Crippen LogP contribution < -0.4 is 0 Å². The number of benzene rings is 2. The second kappa shape index (κ2) is 9.12. The van der Waals surface area contributed by atoms with Gasteiger partial charge in [0.15, 0.2) is 11.6 Å². The fourth-order valence-corrected chi connectivity index (χ4v) is 2.53. The van der Waals surface area contributed by atoms with E-state index in [0.717, 1.165) is 18.3 Å². The lowest BCUT2D eigenvalue weighted by molar-refractivity contribution is -0.121. The second-order valence-corrected chi connectivity index (χ2v) is 7.37. The predicted octanol–water partition coefficient (Wildman–Crippen LogP) is 5.15. The number of halogens is 2. The average Bonchev–Trinajstić information content (AvgIpc) is 2.54. The van der Waals surface area contributed by atoms with Crippen LogP contribution in [0.4, 0.5) is 0 Å². The van der Waals surface area contributed by atoms with Gasteiger partial charge in [-0.05, 0) is 92.7 Å². The Balaban J connectivity index is 1.88. The van der Waals surface area contributed by atoms with E-state index in [-0.39, 0.29) is 18.0 Å². The van der Waals surface area contributed by atoms with Crippen LogP contribution in [0.5, 0.6) is 0 Å². The fourth-order valence-electron chi connectivity index (χ4n) is 1.82. The molecule has 0 spiro atoms. The molecule has 0 heterocycles. The standard InChI is InChI=1S/C19H14I2O2/c20-16-7-1-14(2-8-16)5-11-18(22)13-19(23)12-6-15-3-9-17(21)10-4-15/h1-12H,13H2/b11-5+,12-6+. The van der Waals surface area contributed by atoms with Gasteiger partial charge in [-0.25, -0.2) is 0 Å². The largest absolute Gasteiger partial charge is 0.294 e. The summed E-state index contributed by atoms with van der Waals surface area (Å²) in [5, 5.41) is 0. The monoisotopic (exact) mass is 528 g/mol. The summed E-state index contributed by atoms with van der Waals surface area (Å²) in [5.41, 5.74) is 1.89. The first kappa shape index (κ1) is 18.1. The van der Waals surface area contributed by atoms with Crippen molar-refractivity contribution in [2.75, 3.05) is 0 Å². The highest BCUT2D eigenvalue weighted by Gasteiger charge is 2.03. The van der Waals surface area contributed by atoms with Crippen molar-refractivity contribution in [3.05, 3.63) is 79.0 Å². The van der Waals surface area contributed by atoms with E-state index in [1.54, 1.807) is 12.2 Å². The smallest absolute Gasteiger partial charge is 0.163 e. The summed E-state index contributed by atoms with van der Waals surface area (Å²) in [6.45, 7) is 0. The van der Waals surface area contributed by atoms with Crippen LogP contribution in [0, 0.1) is 7.14 Å². The zero-order valence-corrected chi connectivity index (χ0v) is 16.5. The summed E-state index contributed by atoms with van der Waals surface area (Å²) in [6.07, 6.45) is 6.27. The summed E-state index contributed by atoms with van der Waals surface area (Å²) in [7, 11) is 0. The summed E-state index contributed by atoms with van der Waals surface area (Å²) >= 11 is 4.45. The maximum atomic E-state index is 11.8. The van der Waals surface area contributed by atoms with E-state index < -0.39 is 0 Å². The molecule has 0 radical (unpaired) electrons. The molecular formula is C19H14I2O2. The van der Waals surface area contributed by atoms with Crippen molar-refractivity contribution < 1.29 is 9.59 Å². The Morgan fingerprint density at radius 1 is 0.696 bits per heavy atom. The van der Waals surface area contributed by atoms with E-state index >= 15 is 0 Å². The molecule has 0 aliphatic rings. The summed E-state index contributed by atoms with van der Waals surface area (Å²) < 4.78 is 2.28. The Morgan fingerprint density at radius 3 is 1.39 bits per heavy atom. The van der Waals surface area contributed by atoms with Crippen molar-refractivity contribution in [1.82, 2.24) is 0 Å². The zero-order valence-electron chi connectivity index (χ0n) is 12.2. The molecule has 0 aliphatic heterocycles. The molecule has 0 aliphatic carbocycles. The molecule has 0 unspecified atom stereocenters. The second-order valence-electron chi connectivity index (χ2n) is 4.88. The molecule has 0 fully saturated rings. The molecule has 2 rings (SSSR count). The quantitative estimate of drug-likeness (QED) is 0.296. The number of hydrogen-bond acceptors (Lipinski definition) is 2. The Labute approximate surface area is 163 Å². The molecular weight excluding hydrogens is 514 g/mol. The van der Waals surface area contributed by atoms with Crippen LogP contribution in [-0.4, -0.2) is 11.6 Å². The first-order valence-electron chi connectivity index (χ1n) is 6.96. The highest BCUT2D eigenvalue weighted by molar-refractivity contribution is 14.1. The summed E-state index contributed by atoms with van der Waals surface area (Å²) in [4.78, 5) is 23.6. The van der Waals surface area contributed by atoms with Crippen LogP contribution in [0.15, 0.2) is 60.7 Å². The van der Waals surface area contributed by atoms with Crippen LogP contribution in [0.3, 0.4) is 0 Å². The van der Waals surface area contributed by atoms with Crippen LogP contribution in [0.25, 0.3) is 12.2 Å². The maximum absolute atomic E-state index is 11.8. The maximum Gasteiger partial charge on any atom is 0.163 e.